The molecule has 0 radical (unpaired) electrons. The highest BCUT2D eigenvalue weighted by Crippen LogP contribution is 2.44. The van der Waals surface area contributed by atoms with E-state index in [0.29, 0.717) is 6.04 Å². The van der Waals surface area contributed by atoms with E-state index in [1.807, 2.05) is 17.8 Å². The monoisotopic (exact) mass is 335 g/mol. The fraction of sp³-hybridized carbons (Fsp3) is 0.100. The number of benzene rings is 3. The number of rotatable bonds is 1. The molecule has 112 valence electrons. The summed E-state index contributed by atoms with van der Waals surface area (Å²) in [6.45, 7) is 0. The molecule has 0 saturated heterocycles. The average molecular weight is 336 g/mol. The molecule has 1 aliphatic heterocycles. The molecular formula is C20H14ClNS. The number of thioether (sulfide) groups is 1. The van der Waals surface area contributed by atoms with Gasteiger partial charge in [-0.2, -0.15) is 0 Å². The van der Waals surface area contributed by atoms with E-state index in [1.54, 1.807) is 0 Å². The van der Waals surface area contributed by atoms with Crippen molar-refractivity contribution in [3.63, 3.8) is 0 Å². The molecule has 0 aliphatic carbocycles. The summed E-state index contributed by atoms with van der Waals surface area (Å²) in [5.74, 6) is 1.05. The van der Waals surface area contributed by atoms with Crippen LogP contribution in [-0.2, 0) is 0 Å². The zero-order valence-corrected chi connectivity index (χ0v) is 13.9. The van der Waals surface area contributed by atoms with Crippen molar-refractivity contribution in [1.82, 2.24) is 4.57 Å². The van der Waals surface area contributed by atoms with Gasteiger partial charge in [0.25, 0.3) is 0 Å². The minimum atomic E-state index is 0.332. The molecule has 23 heavy (non-hydrogen) atoms. The quantitative estimate of drug-likeness (QED) is 0.404. The van der Waals surface area contributed by atoms with E-state index >= 15 is 0 Å². The van der Waals surface area contributed by atoms with Crippen LogP contribution < -0.4 is 0 Å². The van der Waals surface area contributed by atoms with E-state index < -0.39 is 0 Å². The molecule has 1 aliphatic rings. The molecule has 0 amide bonds. The minimum absolute atomic E-state index is 0.332. The van der Waals surface area contributed by atoms with Crippen molar-refractivity contribution in [3.8, 4) is 0 Å². The number of hydrogen-bond acceptors (Lipinski definition) is 1. The Morgan fingerprint density at radius 2 is 1.52 bits per heavy atom. The highest BCUT2D eigenvalue weighted by molar-refractivity contribution is 7.99. The van der Waals surface area contributed by atoms with Crippen molar-refractivity contribution in [2.45, 2.75) is 10.9 Å². The smallest absolute Gasteiger partial charge is 0.0697 e. The first-order chi connectivity index (χ1) is 11.3. The Labute approximate surface area is 143 Å². The molecule has 1 aromatic heterocycles. The normalized spacial score (nSPS) is 17.0. The third-order valence-corrected chi connectivity index (χ3v) is 6.06. The number of para-hydroxylation sites is 2. The summed E-state index contributed by atoms with van der Waals surface area (Å²) in [5, 5.41) is 3.46. The van der Waals surface area contributed by atoms with Crippen molar-refractivity contribution in [2.24, 2.45) is 0 Å². The maximum Gasteiger partial charge on any atom is 0.0697 e. The van der Waals surface area contributed by atoms with E-state index in [9.17, 15) is 0 Å². The topological polar surface area (TPSA) is 4.93 Å². The van der Waals surface area contributed by atoms with Crippen LogP contribution in [0.5, 0.6) is 0 Å². The van der Waals surface area contributed by atoms with Crippen LogP contribution in [0, 0.1) is 0 Å². The van der Waals surface area contributed by atoms with Crippen LogP contribution in [-0.4, -0.2) is 10.3 Å². The third kappa shape index (κ3) is 1.95. The maximum absolute atomic E-state index is 6.27. The zero-order valence-electron chi connectivity index (χ0n) is 12.4. The Hall–Kier alpha value is -1.90. The van der Waals surface area contributed by atoms with Crippen molar-refractivity contribution in [2.75, 3.05) is 5.75 Å². The van der Waals surface area contributed by atoms with Gasteiger partial charge >= 0.3 is 0 Å². The summed E-state index contributed by atoms with van der Waals surface area (Å²) < 4.78 is 2.49. The molecule has 0 saturated carbocycles. The molecule has 1 unspecified atom stereocenters. The van der Waals surface area contributed by atoms with Crippen LogP contribution in [0.1, 0.15) is 11.6 Å². The summed E-state index contributed by atoms with van der Waals surface area (Å²) in [6, 6.07) is 24.0. The maximum atomic E-state index is 6.27. The first-order valence-electron chi connectivity index (χ1n) is 7.73. The van der Waals surface area contributed by atoms with E-state index in [-0.39, 0.29) is 0 Å². The Kier molecular flexibility index (Phi) is 2.97. The molecule has 0 N–H and O–H groups in total. The lowest BCUT2D eigenvalue weighted by Crippen LogP contribution is -2.09. The van der Waals surface area contributed by atoms with E-state index in [4.69, 9.17) is 11.6 Å². The highest BCUT2D eigenvalue weighted by atomic mass is 35.5. The second-order valence-electron chi connectivity index (χ2n) is 5.91. The summed E-state index contributed by atoms with van der Waals surface area (Å²) >= 11 is 8.19. The van der Waals surface area contributed by atoms with Crippen molar-refractivity contribution in [3.05, 3.63) is 77.3 Å². The van der Waals surface area contributed by atoms with Crippen LogP contribution in [0.2, 0.25) is 5.02 Å². The molecule has 0 fully saturated rings. The predicted octanol–water partition coefficient (Wildman–Crippen LogP) is 6.14. The average Bonchev–Trinajstić information content (AvgIpc) is 3.13. The standard InChI is InChI=1S/C20H14ClNS/c21-13-9-10-20-16(11-13)19(12-23-20)22-17-7-3-1-5-14(17)15-6-2-4-8-18(15)22/h1-11,19H,12H2. The van der Waals surface area contributed by atoms with Crippen LogP contribution in [0.4, 0.5) is 0 Å². The van der Waals surface area contributed by atoms with Crippen molar-refractivity contribution in [1.29, 1.82) is 0 Å². The third-order valence-electron chi connectivity index (χ3n) is 4.66. The van der Waals surface area contributed by atoms with Crippen LogP contribution in [0.25, 0.3) is 21.8 Å². The Bertz CT molecular complexity index is 997. The van der Waals surface area contributed by atoms with E-state index in [0.717, 1.165) is 10.8 Å². The lowest BCUT2D eigenvalue weighted by molar-refractivity contribution is 0.698. The molecule has 0 bridgehead atoms. The van der Waals surface area contributed by atoms with Gasteiger partial charge in [-0.25, -0.2) is 0 Å². The fourth-order valence-electron chi connectivity index (χ4n) is 3.67. The molecule has 1 atom stereocenters. The van der Waals surface area contributed by atoms with Gasteiger partial charge in [0, 0.05) is 37.5 Å². The zero-order chi connectivity index (χ0) is 15.4. The lowest BCUT2D eigenvalue weighted by atomic mass is 10.1. The molecule has 1 nitrogen and oxygen atoms in total. The van der Waals surface area contributed by atoms with Gasteiger partial charge in [0.15, 0.2) is 0 Å². The molecule has 2 heterocycles. The fourth-order valence-corrected chi connectivity index (χ4v) is 5.04. The molecule has 0 spiro atoms. The summed E-state index contributed by atoms with van der Waals surface area (Å²) in [4.78, 5) is 1.35. The first-order valence-corrected chi connectivity index (χ1v) is 9.09. The number of aromatic nitrogens is 1. The lowest BCUT2D eigenvalue weighted by Gasteiger charge is -2.17. The van der Waals surface area contributed by atoms with Crippen molar-refractivity contribution < 1.29 is 0 Å². The number of nitrogens with zero attached hydrogens (tertiary/aromatic N) is 1. The Morgan fingerprint density at radius 1 is 0.870 bits per heavy atom. The predicted molar refractivity (Wildman–Crippen MR) is 99.8 cm³/mol. The molecule has 3 aromatic carbocycles. The largest absolute Gasteiger partial charge is 0.332 e. The Morgan fingerprint density at radius 3 is 2.22 bits per heavy atom. The molecule has 4 aromatic rings. The van der Waals surface area contributed by atoms with E-state index in [2.05, 4.69) is 65.2 Å². The summed E-state index contributed by atoms with van der Waals surface area (Å²) in [5.41, 5.74) is 3.94. The molecule has 5 rings (SSSR count). The SMILES string of the molecule is Clc1ccc2c(c1)C(n1c3ccccc3c3ccccc31)CS2. The summed E-state index contributed by atoms with van der Waals surface area (Å²) in [6.07, 6.45) is 0. The van der Waals surface area contributed by atoms with Gasteiger partial charge in [-0.05, 0) is 35.9 Å². The number of hydrogen-bond donors (Lipinski definition) is 0. The second kappa shape index (κ2) is 5.05. The summed E-state index contributed by atoms with van der Waals surface area (Å²) in [7, 11) is 0. The van der Waals surface area contributed by atoms with Gasteiger partial charge in [0.1, 0.15) is 0 Å². The van der Waals surface area contributed by atoms with Crippen LogP contribution in [0.3, 0.4) is 0 Å². The van der Waals surface area contributed by atoms with Gasteiger partial charge < -0.3 is 4.57 Å². The van der Waals surface area contributed by atoms with Crippen molar-refractivity contribution >= 4 is 45.2 Å². The first kappa shape index (κ1) is 13.5. The van der Waals surface area contributed by atoms with Crippen LogP contribution >= 0.6 is 23.4 Å². The number of fused-ring (bicyclic) bond motifs is 4. The van der Waals surface area contributed by atoms with Gasteiger partial charge in [-0.3, -0.25) is 0 Å². The van der Waals surface area contributed by atoms with Crippen LogP contribution in [0.15, 0.2) is 71.6 Å². The highest BCUT2D eigenvalue weighted by Gasteiger charge is 2.27. The number of halogens is 1. The van der Waals surface area contributed by atoms with Gasteiger partial charge in [0.2, 0.25) is 0 Å². The van der Waals surface area contributed by atoms with Gasteiger partial charge in [-0.1, -0.05) is 48.0 Å². The van der Waals surface area contributed by atoms with Gasteiger partial charge in [-0.15, -0.1) is 11.8 Å². The van der Waals surface area contributed by atoms with Gasteiger partial charge in [0.05, 0.1) is 6.04 Å². The second-order valence-corrected chi connectivity index (χ2v) is 7.41. The minimum Gasteiger partial charge on any atom is -0.332 e. The van der Waals surface area contributed by atoms with E-state index in [1.165, 1.54) is 32.3 Å². The molecular weight excluding hydrogens is 322 g/mol. The Balaban J connectivity index is 1.86. The molecule has 3 heteroatoms.